The summed E-state index contributed by atoms with van der Waals surface area (Å²) in [5.74, 6) is 0.818. The van der Waals surface area contributed by atoms with Gasteiger partial charge in [-0.1, -0.05) is 11.6 Å². The number of thiazole rings is 1. The molecule has 0 amide bonds. The lowest BCUT2D eigenvalue weighted by Crippen LogP contribution is -2.10. The summed E-state index contributed by atoms with van der Waals surface area (Å²) in [6, 6.07) is 0. The van der Waals surface area contributed by atoms with E-state index in [-0.39, 0.29) is 0 Å². The van der Waals surface area contributed by atoms with Crippen LogP contribution in [0.5, 0.6) is 0 Å². The molecule has 0 aromatic carbocycles. The molecular formula is C10H10ClN5S. The van der Waals surface area contributed by atoms with Gasteiger partial charge in [0.15, 0.2) is 10.8 Å². The van der Waals surface area contributed by atoms with Gasteiger partial charge in [-0.15, -0.1) is 11.3 Å². The fourth-order valence-electron chi connectivity index (χ4n) is 1.75. The van der Waals surface area contributed by atoms with Gasteiger partial charge in [-0.25, -0.2) is 4.68 Å². The average Bonchev–Trinajstić information content (AvgIpc) is 2.95. The van der Waals surface area contributed by atoms with Crippen LogP contribution in [0, 0.1) is 0 Å². The Morgan fingerprint density at radius 3 is 3.12 bits per heavy atom. The molecule has 3 aromatic heterocycles. The summed E-state index contributed by atoms with van der Waals surface area (Å²) < 4.78 is 3.76. The number of imidazole rings is 1. The molecule has 0 aliphatic rings. The number of fused-ring (bicyclic) bond motifs is 1. The van der Waals surface area contributed by atoms with E-state index in [0.29, 0.717) is 5.02 Å². The van der Waals surface area contributed by atoms with E-state index in [1.54, 1.807) is 28.4 Å². The molecule has 3 rings (SSSR count). The Balaban J connectivity index is 2.20. The second-order valence-corrected chi connectivity index (χ2v) is 4.88. The fraction of sp³-hybridized carbons (Fsp3) is 0.200. The Kier molecular flexibility index (Phi) is 2.62. The standard InChI is InChI=1S/C10H10ClN5S/c1-12-5-8-9(16-6-7(11)4-13-16)14-10-15(8)2-3-17-10/h2-4,6,12H,5H2,1H3. The summed E-state index contributed by atoms with van der Waals surface area (Å²) in [4.78, 5) is 5.51. The fourth-order valence-corrected chi connectivity index (χ4v) is 2.62. The molecule has 0 atom stereocenters. The monoisotopic (exact) mass is 267 g/mol. The van der Waals surface area contributed by atoms with Crippen LogP contribution in [0.25, 0.3) is 10.8 Å². The van der Waals surface area contributed by atoms with Crippen molar-refractivity contribution in [1.82, 2.24) is 24.5 Å². The van der Waals surface area contributed by atoms with Crippen molar-refractivity contribution in [3.63, 3.8) is 0 Å². The first kappa shape index (κ1) is 10.8. The highest BCUT2D eigenvalue weighted by Crippen LogP contribution is 2.21. The lowest BCUT2D eigenvalue weighted by Gasteiger charge is -2.02. The van der Waals surface area contributed by atoms with E-state index in [2.05, 4.69) is 19.8 Å². The minimum absolute atomic E-state index is 0.608. The Bertz CT molecular complexity index is 653. The molecule has 0 spiro atoms. The van der Waals surface area contributed by atoms with E-state index in [1.165, 1.54) is 0 Å². The second-order valence-electron chi connectivity index (χ2n) is 3.57. The van der Waals surface area contributed by atoms with Crippen LogP contribution in [0.1, 0.15) is 5.69 Å². The van der Waals surface area contributed by atoms with Gasteiger partial charge in [0.2, 0.25) is 0 Å². The van der Waals surface area contributed by atoms with Crippen LogP contribution in [0.4, 0.5) is 0 Å². The molecule has 0 fully saturated rings. The molecule has 0 aliphatic heterocycles. The Labute approximate surface area is 107 Å². The van der Waals surface area contributed by atoms with Crippen LogP contribution >= 0.6 is 22.9 Å². The molecule has 0 bridgehead atoms. The SMILES string of the molecule is CNCc1c(-n2cc(Cl)cn2)nc2sccn12. The molecule has 3 heterocycles. The number of nitrogens with zero attached hydrogens (tertiary/aromatic N) is 4. The molecule has 88 valence electrons. The molecule has 0 radical (unpaired) electrons. The molecule has 0 unspecified atom stereocenters. The van der Waals surface area contributed by atoms with Crippen LogP contribution in [0.3, 0.4) is 0 Å². The summed E-state index contributed by atoms with van der Waals surface area (Å²) in [6.07, 6.45) is 5.37. The van der Waals surface area contributed by atoms with Gasteiger partial charge in [0.25, 0.3) is 0 Å². The Morgan fingerprint density at radius 2 is 2.41 bits per heavy atom. The highest BCUT2D eigenvalue weighted by atomic mass is 35.5. The minimum atomic E-state index is 0.608. The minimum Gasteiger partial charge on any atom is -0.314 e. The topological polar surface area (TPSA) is 47.2 Å². The van der Waals surface area contributed by atoms with E-state index < -0.39 is 0 Å². The largest absolute Gasteiger partial charge is 0.314 e. The van der Waals surface area contributed by atoms with Gasteiger partial charge in [-0.2, -0.15) is 10.1 Å². The van der Waals surface area contributed by atoms with Crippen molar-refractivity contribution >= 4 is 27.9 Å². The predicted octanol–water partition coefficient (Wildman–Crippen LogP) is 1.95. The molecular weight excluding hydrogens is 258 g/mol. The lowest BCUT2D eigenvalue weighted by atomic mass is 10.4. The number of aromatic nitrogens is 4. The zero-order valence-electron chi connectivity index (χ0n) is 9.09. The van der Waals surface area contributed by atoms with Gasteiger partial charge in [0.1, 0.15) is 0 Å². The van der Waals surface area contributed by atoms with E-state index in [9.17, 15) is 0 Å². The Hall–Kier alpha value is -1.37. The van der Waals surface area contributed by atoms with E-state index >= 15 is 0 Å². The van der Waals surface area contributed by atoms with Gasteiger partial charge in [-0.3, -0.25) is 4.40 Å². The maximum absolute atomic E-state index is 5.88. The van der Waals surface area contributed by atoms with Crippen LogP contribution in [0.2, 0.25) is 5.02 Å². The van der Waals surface area contributed by atoms with E-state index in [0.717, 1.165) is 23.0 Å². The summed E-state index contributed by atoms with van der Waals surface area (Å²) in [5, 5.41) is 9.95. The molecule has 17 heavy (non-hydrogen) atoms. The first-order valence-corrected chi connectivity index (χ1v) is 6.35. The third kappa shape index (κ3) is 1.74. The molecule has 0 saturated carbocycles. The molecule has 7 heteroatoms. The third-order valence-electron chi connectivity index (χ3n) is 2.45. The summed E-state index contributed by atoms with van der Waals surface area (Å²) in [6.45, 7) is 0.727. The predicted molar refractivity (Wildman–Crippen MR) is 68.0 cm³/mol. The van der Waals surface area contributed by atoms with Gasteiger partial charge in [0, 0.05) is 18.1 Å². The average molecular weight is 268 g/mol. The van der Waals surface area contributed by atoms with Crippen molar-refractivity contribution in [1.29, 1.82) is 0 Å². The smallest absolute Gasteiger partial charge is 0.196 e. The van der Waals surface area contributed by atoms with Crippen LogP contribution in [0.15, 0.2) is 24.0 Å². The maximum Gasteiger partial charge on any atom is 0.196 e. The molecule has 0 saturated heterocycles. The zero-order valence-corrected chi connectivity index (χ0v) is 10.7. The quantitative estimate of drug-likeness (QED) is 0.789. The maximum atomic E-state index is 5.88. The number of rotatable bonds is 3. The van der Waals surface area contributed by atoms with Gasteiger partial charge >= 0.3 is 0 Å². The first-order valence-electron chi connectivity index (χ1n) is 5.09. The van der Waals surface area contributed by atoms with Gasteiger partial charge in [-0.05, 0) is 7.05 Å². The van der Waals surface area contributed by atoms with Crippen LogP contribution in [-0.4, -0.2) is 26.2 Å². The summed E-state index contributed by atoms with van der Waals surface area (Å²) in [5.41, 5.74) is 1.07. The first-order chi connectivity index (χ1) is 8.29. The summed E-state index contributed by atoms with van der Waals surface area (Å²) >= 11 is 7.48. The van der Waals surface area contributed by atoms with Crippen molar-refractivity contribution < 1.29 is 0 Å². The van der Waals surface area contributed by atoms with E-state index in [1.807, 2.05) is 18.6 Å². The van der Waals surface area contributed by atoms with Crippen molar-refractivity contribution in [3.8, 4) is 5.82 Å². The van der Waals surface area contributed by atoms with Crippen LogP contribution in [-0.2, 0) is 6.54 Å². The van der Waals surface area contributed by atoms with Gasteiger partial charge < -0.3 is 5.32 Å². The highest BCUT2D eigenvalue weighted by molar-refractivity contribution is 7.15. The number of hydrogen-bond donors (Lipinski definition) is 1. The zero-order chi connectivity index (χ0) is 11.8. The highest BCUT2D eigenvalue weighted by Gasteiger charge is 2.14. The second kappa shape index (κ2) is 4.14. The van der Waals surface area contributed by atoms with Crippen LogP contribution < -0.4 is 5.32 Å². The molecule has 0 aliphatic carbocycles. The third-order valence-corrected chi connectivity index (χ3v) is 3.40. The van der Waals surface area contributed by atoms with E-state index in [4.69, 9.17) is 11.6 Å². The van der Waals surface area contributed by atoms with Crippen molar-refractivity contribution in [3.05, 3.63) is 34.7 Å². The molecule has 1 N–H and O–H groups in total. The number of halogens is 1. The molecule has 3 aromatic rings. The van der Waals surface area contributed by atoms with Crippen molar-refractivity contribution in [2.24, 2.45) is 0 Å². The van der Waals surface area contributed by atoms with Crippen molar-refractivity contribution in [2.45, 2.75) is 6.54 Å². The van der Waals surface area contributed by atoms with Gasteiger partial charge in [0.05, 0.1) is 23.1 Å². The molecule has 5 nitrogen and oxygen atoms in total. The Morgan fingerprint density at radius 1 is 1.53 bits per heavy atom. The number of nitrogens with one attached hydrogen (secondary N) is 1. The van der Waals surface area contributed by atoms with Crippen molar-refractivity contribution in [2.75, 3.05) is 7.05 Å². The normalized spacial score (nSPS) is 11.4. The summed E-state index contributed by atoms with van der Waals surface area (Å²) in [7, 11) is 1.91. The lowest BCUT2D eigenvalue weighted by molar-refractivity contribution is 0.755. The number of hydrogen-bond acceptors (Lipinski definition) is 4.